The number of rotatable bonds is 0. The molecule has 5 atom stereocenters. The summed E-state index contributed by atoms with van der Waals surface area (Å²) in [6.45, 7) is 4.58. The Hall–Kier alpha value is -0.580. The first kappa shape index (κ1) is 15.0. The maximum Gasteiger partial charge on any atom is 0.139 e. The molecule has 1 aromatic rings. The Morgan fingerprint density at radius 1 is 1.32 bits per heavy atom. The number of fused-ring (bicyclic) bond motifs is 5. The van der Waals surface area contributed by atoms with Crippen LogP contribution in [-0.4, -0.2) is 10.9 Å². The predicted octanol–water partition coefficient (Wildman–Crippen LogP) is 4.67. The monoisotopic (exact) mass is 410 g/mol. The Morgan fingerprint density at radius 3 is 2.86 bits per heavy atom. The first-order chi connectivity index (χ1) is 10.4. The number of carbonyl (C=O) groups excluding carboxylic acids is 1. The molecule has 3 aliphatic rings. The summed E-state index contributed by atoms with van der Waals surface area (Å²) in [5.41, 5.74) is 2.73. The van der Waals surface area contributed by atoms with Crippen LogP contribution in [0, 0.1) is 26.7 Å². The van der Waals surface area contributed by atoms with E-state index in [0.717, 1.165) is 35.7 Å². The maximum atomic E-state index is 12.4. The molecule has 3 heteroatoms. The summed E-state index contributed by atoms with van der Waals surface area (Å²) in [4.78, 5) is 12.4. The summed E-state index contributed by atoms with van der Waals surface area (Å²) < 4.78 is 0.959. The smallest absolute Gasteiger partial charge is 0.139 e. The van der Waals surface area contributed by atoms with Crippen molar-refractivity contribution in [3.8, 4) is 5.75 Å². The minimum atomic E-state index is -0.0585. The minimum absolute atomic E-state index is 0.0585. The standard InChI is InChI=1S/C19H23IO2/c1-10-7-11-8-16(21)15(20)9-13(11)12-5-6-19(2)14(18(10)12)3-4-17(19)22/h8-10,12,14,18,21H,3-7H2,1-2H3/t10-,12-,14+,18-,19+/m1/s1. The van der Waals surface area contributed by atoms with Crippen LogP contribution in [0.5, 0.6) is 5.75 Å². The van der Waals surface area contributed by atoms with E-state index >= 15 is 0 Å². The Labute approximate surface area is 145 Å². The maximum absolute atomic E-state index is 12.4. The molecular weight excluding hydrogens is 387 g/mol. The summed E-state index contributed by atoms with van der Waals surface area (Å²) >= 11 is 2.23. The summed E-state index contributed by atoms with van der Waals surface area (Å²) in [6.07, 6.45) is 5.09. The van der Waals surface area contributed by atoms with Gasteiger partial charge in [-0.2, -0.15) is 0 Å². The molecule has 2 nitrogen and oxygen atoms in total. The third kappa shape index (κ3) is 1.93. The third-order valence-corrected chi connectivity index (χ3v) is 7.71. The van der Waals surface area contributed by atoms with E-state index in [1.54, 1.807) is 0 Å². The van der Waals surface area contributed by atoms with Crippen molar-refractivity contribution < 1.29 is 9.90 Å². The average molecular weight is 410 g/mol. The Bertz CT molecular complexity index is 653. The molecule has 0 saturated heterocycles. The Kier molecular flexibility index (Phi) is 3.37. The van der Waals surface area contributed by atoms with Crippen molar-refractivity contribution in [2.45, 2.75) is 51.9 Å². The number of halogens is 1. The van der Waals surface area contributed by atoms with Crippen molar-refractivity contribution in [1.82, 2.24) is 0 Å². The predicted molar refractivity (Wildman–Crippen MR) is 95.0 cm³/mol. The van der Waals surface area contributed by atoms with Crippen LogP contribution in [0.4, 0.5) is 0 Å². The zero-order valence-electron chi connectivity index (χ0n) is 13.2. The molecular formula is C19H23IO2. The van der Waals surface area contributed by atoms with E-state index in [0.29, 0.717) is 35.2 Å². The highest BCUT2D eigenvalue weighted by Gasteiger charge is 2.56. The highest BCUT2D eigenvalue weighted by Crippen LogP contribution is 2.61. The summed E-state index contributed by atoms with van der Waals surface area (Å²) in [7, 11) is 0. The van der Waals surface area contributed by atoms with Crippen LogP contribution in [0.3, 0.4) is 0 Å². The fraction of sp³-hybridized carbons (Fsp3) is 0.632. The Morgan fingerprint density at radius 2 is 2.09 bits per heavy atom. The van der Waals surface area contributed by atoms with Crippen LogP contribution in [-0.2, 0) is 11.2 Å². The van der Waals surface area contributed by atoms with Crippen LogP contribution in [0.2, 0.25) is 0 Å². The molecule has 0 aromatic heterocycles. The van der Waals surface area contributed by atoms with Crippen molar-refractivity contribution >= 4 is 28.4 Å². The summed E-state index contributed by atoms with van der Waals surface area (Å²) in [5.74, 6) is 3.31. The van der Waals surface area contributed by atoms with E-state index in [1.165, 1.54) is 11.1 Å². The molecule has 0 bridgehead atoms. The molecule has 2 fully saturated rings. The van der Waals surface area contributed by atoms with Crippen LogP contribution in [0.15, 0.2) is 12.1 Å². The van der Waals surface area contributed by atoms with Gasteiger partial charge in [-0.1, -0.05) is 13.8 Å². The van der Waals surface area contributed by atoms with Gasteiger partial charge in [-0.3, -0.25) is 4.79 Å². The molecule has 0 amide bonds. The number of hydrogen-bond acceptors (Lipinski definition) is 2. The van der Waals surface area contributed by atoms with Crippen LogP contribution in [0.1, 0.15) is 56.6 Å². The van der Waals surface area contributed by atoms with Gasteiger partial charge in [0.2, 0.25) is 0 Å². The number of ketones is 1. The lowest BCUT2D eigenvalue weighted by Gasteiger charge is -2.51. The van der Waals surface area contributed by atoms with Crippen LogP contribution >= 0.6 is 22.6 Å². The van der Waals surface area contributed by atoms with Crippen LogP contribution in [0.25, 0.3) is 0 Å². The zero-order chi connectivity index (χ0) is 15.6. The second kappa shape index (κ2) is 4.96. The molecule has 22 heavy (non-hydrogen) atoms. The van der Waals surface area contributed by atoms with E-state index in [9.17, 15) is 9.90 Å². The van der Waals surface area contributed by atoms with Gasteiger partial charge in [0.15, 0.2) is 0 Å². The number of benzene rings is 1. The quantitative estimate of drug-likeness (QED) is 0.632. The van der Waals surface area contributed by atoms with E-state index in [4.69, 9.17) is 0 Å². The number of aromatic hydroxyl groups is 1. The molecule has 0 aliphatic heterocycles. The molecule has 1 N–H and O–H groups in total. The van der Waals surface area contributed by atoms with Gasteiger partial charge < -0.3 is 5.11 Å². The van der Waals surface area contributed by atoms with E-state index in [-0.39, 0.29) is 5.41 Å². The molecule has 1 aromatic carbocycles. The molecule has 4 rings (SSSR count). The summed E-state index contributed by atoms with van der Waals surface area (Å²) in [5, 5.41) is 10.0. The number of phenolic OH excluding ortho intramolecular Hbond substituents is 1. The normalized spacial score (nSPS) is 40.0. The van der Waals surface area contributed by atoms with Gasteiger partial charge in [0.05, 0.1) is 3.57 Å². The lowest BCUT2D eigenvalue weighted by molar-refractivity contribution is -0.129. The Balaban J connectivity index is 1.79. The van der Waals surface area contributed by atoms with E-state index < -0.39 is 0 Å². The van der Waals surface area contributed by atoms with E-state index in [1.807, 2.05) is 6.07 Å². The van der Waals surface area contributed by atoms with Crippen molar-refractivity contribution in [1.29, 1.82) is 0 Å². The number of phenols is 1. The van der Waals surface area contributed by atoms with Gasteiger partial charge in [0.25, 0.3) is 0 Å². The fourth-order valence-corrected chi connectivity index (χ4v) is 6.24. The van der Waals surface area contributed by atoms with Gasteiger partial charge in [-0.05, 0) is 95.2 Å². The second-order valence-electron chi connectivity index (χ2n) is 7.89. The average Bonchev–Trinajstić information content (AvgIpc) is 2.77. The van der Waals surface area contributed by atoms with Crippen molar-refractivity contribution in [3.63, 3.8) is 0 Å². The van der Waals surface area contributed by atoms with Gasteiger partial charge in [-0.25, -0.2) is 0 Å². The lowest BCUT2D eigenvalue weighted by atomic mass is 9.53. The van der Waals surface area contributed by atoms with Crippen LogP contribution < -0.4 is 0 Å². The summed E-state index contributed by atoms with van der Waals surface area (Å²) in [6, 6.07) is 4.19. The highest BCUT2D eigenvalue weighted by atomic mass is 127. The molecule has 118 valence electrons. The molecule has 0 unspecified atom stereocenters. The van der Waals surface area contributed by atoms with Gasteiger partial charge in [0.1, 0.15) is 11.5 Å². The van der Waals surface area contributed by atoms with Gasteiger partial charge in [-0.15, -0.1) is 0 Å². The molecule has 3 aliphatic carbocycles. The van der Waals surface area contributed by atoms with Crippen molar-refractivity contribution in [2.24, 2.45) is 23.2 Å². The fourth-order valence-electron chi connectivity index (χ4n) is 5.75. The minimum Gasteiger partial charge on any atom is -0.507 e. The molecule has 0 radical (unpaired) electrons. The highest BCUT2D eigenvalue weighted by molar-refractivity contribution is 14.1. The first-order valence-electron chi connectivity index (χ1n) is 8.46. The molecule has 2 saturated carbocycles. The molecule has 0 spiro atoms. The topological polar surface area (TPSA) is 37.3 Å². The van der Waals surface area contributed by atoms with Crippen molar-refractivity contribution in [2.75, 3.05) is 0 Å². The second-order valence-corrected chi connectivity index (χ2v) is 9.05. The van der Waals surface area contributed by atoms with Gasteiger partial charge in [0, 0.05) is 11.8 Å². The van der Waals surface area contributed by atoms with Gasteiger partial charge >= 0.3 is 0 Å². The SMILES string of the molecule is C[C@@H]1Cc2cc(O)c(I)cc2[C@H]2CC[C@]3(C)C(=O)CC[C@H]3[C@H]12. The number of carbonyl (C=O) groups is 1. The lowest BCUT2D eigenvalue weighted by Crippen LogP contribution is -2.45. The van der Waals surface area contributed by atoms with E-state index in [2.05, 4.69) is 42.5 Å². The molecule has 0 heterocycles. The van der Waals surface area contributed by atoms with Crippen molar-refractivity contribution in [3.05, 3.63) is 26.8 Å². The third-order valence-electron chi connectivity index (χ3n) is 6.85. The first-order valence-corrected chi connectivity index (χ1v) is 9.54. The number of hydrogen-bond donors (Lipinski definition) is 1. The number of Topliss-reactive ketones (excluding diaryl/α,β-unsaturated/α-hetero) is 1. The zero-order valence-corrected chi connectivity index (χ0v) is 15.4. The largest absolute Gasteiger partial charge is 0.507 e.